The Bertz CT molecular complexity index is 501. The molecule has 23 heavy (non-hydrogen) atoms. The van der Waals surface area contributed by atoms with Crippen molar-refractivity contribution in [3.8, 4) is 0 Å². The molecule has 6 nitrogen and oxygen atoms in total. The molecule has 0 aromatic heterocycles. The lowest BCUT2D eigenvalue weighted by Crippen LogP contribution is -2.61. The maximum Gasteiger partial charge on any atom is 0.235 e. The van der Waals surface area contributed by atoms with Crippen LogP contribution in [0.2, 0.25) is 0 Å². The first-order valence-electron chi connectivity index (χ1n) is 8.61. The molecule has 2 aliphatic heterocycles. The van der Waals surface area contributed by atoms with Crippen LogP contribution in [0.25, 0.3) is 0 Å². The summed E-state index contributed by atoms with van der Waals surface area (Å²) in [6.45, 7) is 9.53. The SMILES string of the molecule is CC1(C)[C@H]2CC[C@]1(C)C(=O)N(C[C@@H](O)CN1CCOCC1)C2=O. The molecule has 2 amide bonds. The largest absolute Gasteiger partial charge is 0.390 e. The molecular weight excluding hydrogens is 296 g/mol. The molecule has 3 aliphatic rings. The summed E-state index contributed by atoms with van der Waals surface area (Å²) >= 11 is 0. The Hall–Kier alpha value is -0.980. The van der Waals surface area contributed by atoms with E-state index in [0.717, 1.165) is 25.9 Å². The van der Waals surface area contributed by atoms with Gasteiger partial charge in [-0.15, -0.1) is 0 Å². The first kappa shape index (κ1) is 16.9. The fraction of sp³-hybridized carbons (Fsp3) is 0.882. The van der Waals surface area contributed by atoms with Gasteiger partial charge in [0, 0.05) is 25.6 Å². The maximum absolute atomic E-state index is 12.9. The van der Waals surface area contributed by atoms with E-state index in [2.05, 4.69) is 4.90 Å². The van der Waals surface area contributed by atoms with Gasteiger partial charge in [-0.2, -0.15) is 0 Å². The van der Waals surface area contributed by atoms with E-state index >= 15 is 0 Å². The Kier molecular flexibility index (Phi) is 4.27. The number of imide groups is 1. The standard InChI is InChI=1S/C17H28N2O4/c1-16(2)13-4-5-17(16,3)15(22)19(14(13)21)11-12(20)10-18-6-8-23-9-7-18/h12-13,20H,4-11H2,1-3H3/t12-,13-,17+/m0/s1. The van der Waals surface area contributed by atoms with Crippen molar-refractivity contribution in [2.75, 3.05) is 39.4 Å². The molecule has 3 atom stereocenters. The number of nitrogens with zero attached hydrogens (tertiary/aromatic N) is 2. The van der Waals surface area contributed by atoms with Gasteiger partial charge in [-0.25, -0.2) is 0 Å². The Labute approximate surface area is 137 Å². The van der Waals surface area contributed by atoms with Crippen LogP contribution in [0.3, 0.4) is 0 Å². The molecule has 130 valence electrons. The van der Waals surface area contributed by atoms with Crippen LogP contribution in [0.1, 0.15) is 33.6 Å². The normalized spacial score (nSPS) is 35.7. The predicted octanol–water partition coefficient (Wildman–Crippen LogP) is 0.491. The van der Waals surface area contributed by atoms with Gasteiger partial charge in [-0.1, -0.05) is 20.8 Å². The molecule has 1 N–H and O–H groups in total. The van der Waals surface area contributed by atoms with Crippen LogP contribution in [-0.2, 0) is 14.3 Å². The summed E-state index contributed by atoms with van der Waals surface area (Å²) < 4.78 is 5.30. The van der Waals surface area contributed by atoms with Crippen LogP contribution < -0.4 is 0 Å². The van der Waals surface area contributed by atoms with Crippen LogP contribution in [-0.4, -0.2) is 72.2 Å². The fourth-order valence-electron chi connectivity index (χ4n) is 4.42. The third-order valence-electron chi connectivity index (χ3n) is 6.47. The van der Waals surface area contributed by atoms with Crippen LogP contribution >= 0.6 is 0 Å². The van der Waals surface area contributed by atoms with Gasteiger partial charge in [0.15, 0.2) is 0 Å². The van der Waals surface area contributed by atoms with Crippen molar-refractivity contribution in [3.63, 3.8) is 0 Å². The molecule has 2 bridgehead atoms. The van der Waals surface area contributed by atoms with Gasteiger partial charge in [0.1, 0.15) is 0 Å². The third kappa shape index (κ3) is 2.61. The van der Waals surface area contributed by atoms with Gasteiger partial charge in [-0.3, -0.25) is 19.4 Å². The molecule has 0 aromatic carbocycles. The minimum Gasteiger partial charge on any atom is -0.390 e. The number of rotatable bonds is 4. The van der Waals surface area contributed by atoms with Gasteiger partial charge < -0.3 is 9.84 Å². The van der Waals surface area contributed by atoms with E-state index in [1.807, 2.05) is 20.8 Å². The second kappa shape index (κ2) is 5.83. The van der Waals surface area contributed by atoms with Crippen molar-refractivity contribution in [3.05, 3.63) is 0 Å². The molecule has 0 unspecified atom stereocenters. The topological polar surface area (TPSA) is 70.1 Å². The second-order valence-corrected chi connectivity index (χ2v) is 7.97. The van der Waals surface area contributed by atoms with Gasteiger partial charge >= 0.3 is 0 Å². The Morgan fingerprint density at radius 1 is 1.22 bits per heavy atom. The molecule has 0 aromatic rings. The van der Waals surface area contributed by atoms with E-state index < -0.39 is 11.5 Å². The molecule has 3 fully saturated rings. The summed E-state index contributed by atoms with van der Waals surface area (Å²) in [4.78, 5) is 29.1. The zero-order chi connectivity index (χ0) is 16.8. The predicted molar refractivity (Wildman–Crippen MR) is 84.6 cm³/mol. The number of carbonyl (C=O) groups is 2. The monoisotopic (exact) mass is 324 g/mol. The quantitative estimate of drug-likeness (QED) is 0.762. The number of hydrogen-bond acceptors (Lipinski definition) is 5. The Balaban J connectivity index is 1.68. The molecule has 0 spiro atoms. The molecule has 0 radical (unpaired) electrons. The summed E-state index contributed by atoms with van der Waals surface area (Å²) in [7, 11) is 0. The minimum absolute atomic E-state index is 0.101. The lowest BCUT2D eigenvalue weighted by atomic mass is 9.62. The summed E-state index contributed by atoms with van der Waals surface area (Å²) in [5, 5.41) is 10.4. The van der Waals surface area contributed by atoms with Crippen LogP contribution in [0.5, 0.6) is 0 Å². The highest BCUT2D eigenvalue weighted by molar-refractivity contribution is 6.03. The number of amides is 2. The Morgan fingerprint density at radius 3 is 2.52 bits per heavy atom. The molecule has 6 heteroatoms. The highest BCUT2D eigenvalue weighted by Gasteiger charge is 2.64. The zero-order valence-electron chi connectivity index (χ0n) is 14.4. The minimum atomic E-state index is -0.704. The zero-order valence-corrected chi connectivity index (χ0v) is 14.4. The fourth-order valence-corrected chi connectivity index (χ4v) is 4.42. The first-order chi connectivity index (χ1) is 10.8. The number of aliphatic hydroxyl groups excluding tert-OH is 1. The average molecular weight is 324 g/mol. The van der Waals surface area contributed by atoms with Crippen molar-refractivity contribution in [2.24, 2.45) is 16.7 Å². The molecule has 1 saturated carbocycles. The molecular formula is C17H28N2O4. The smallest absolute Gasteiger partial charge is 0.235 e. The van der Waals surface area contributed by atoms with E-state index in [1.165, 1.54) is 4.90 Å². The molecule has 2 heterocycles. The van der Waals surface area contributed by atoms with E-state index in [0.29, 0.717) is 19.8 Å². The van der Waals surface area contributed by atoms with Gasteiger partial charge in [-0.05, 0) is 18.3 Å². The number of aliphatic hydroxyl groups is 1. The summed E-state index contributed by atoms with van der Waals surface area (Å²) in [5.74, 6) is -0.320. The van der Waals surface area contributed by atoms with Crippen molar-refractivity contribution in [1.29, 1.82) is 0 Å². The number of hydrogen-bond donors (Lipinski definition) is 1. The van der Waals surface area contributed by atoms with E-state index in [9.17, 15) is 14.7 Å². The number of morpholine rings is 1. The lowest BCUT2D eigenvalue weighted by molar-refractivity contribution is -0.169. The first-order valence-corrected chi connectivity index (χ1v) is 8.61. The number of piperidine rings is 1. The number of carbonyl (C=O) groups excluding carboxylic acids is 2. The van der Waals surface area contributed by atoms with Crippen molar-refractivity contribution >= 4 is 11.8 Å². The molecule has 1 aliphatic carbocycles. The number of fused-ring (bicyclic) bond motifs is 2. The van der Waals surface area contributed by atoms with Gasteiger partial charge in [0.2, 0.25) is 11.8 Å². The molecule has 3 rings (SSSR count). The highest BCUT2D eigenvalue weighted by Crippen LogP contribution is 2.59. The summed E-state index contributed by atoms with van der Waals surface area (Å²) in [5.41, 5.74) is -0.795. The average Bonchev–Trinajstić information content (AvgIpc) is 2.70. The van der Waals surface area contributed by atoms with E-state index in [4.69, 9.17) is 4.74 Å². The van der Waals surface area contributed by atoms with Gasteiger partial charge in [0.25, 0.3) is 0 Å². The third-order valence-corrected chi connectivity index (χ3v) is 6.47. The van der Waals surface area contributed by atoms with Crippen LogP contribution in [0.15, 0.2) is 0 Å². The maximum atomic E-state index is 12.9. The number of ether oxygens (including phenoxy) is 1. The van der Waals surface area contributed by atoms with Crippen LogP contribution in [0.4, 0.5) is 0 Å². The van der Waals surface area contributed by atoms with Crippen molar-refractivity contribution in [2.45, 2.75) is 39.7 Å². The van der Waals surface area contributed by atoms with Crippen molar-refractivity contribution < 1.29 is 19.4 Å². The van der Waals surface area contributed by atoms with E-state index in [-0.39, 0.29) is 29.7 Å². The molecule has 2 saturated heterocycles. The lowest BCUT2D eigenvalue weighted by Gasteiger charge is -2.48. The Morgan fingerprint density at radius 2 is 1.87 bits per heavy atom. The number of β-amino-alcohol motifs (C(OH)–C–C–N with tert-alkyl or cyclic N) is 1. The highest BCUT2D eigenvalue weighted by atomic mass is 16.5. The van der Waals surface area contributed by atoms with Crippen LogP contribution in [0, 0.1) is 16.7 Å². The number of likely N-dealkylation sites (tertiary alicyclic amines) is 1. The second-order valence-electron chi connectivity index (χ2n) is 7.97. The summed E-state index contributed by atoms with van der Waals surface area (Å²) in [6, 6.07) is 0. The van der Waals surface area contributed by atoms with Crippen molar-refractivity contribution in [1.82, 2.24) is 9.80 Å². The van der Waals surface area contributed by atoms with E-state index in [1.54, 1.807) is 0 Å². The van der Waals surface area contributed by atoms with Gasteiger partial charge in [0.05, 0.1) is 31.3 Å². The summed E-state index contributed by atoms with van der Waals surface area (Å²) in [6.07, 6.45) is 0.820.